The van der Waals surface area contributed by atoms with E-state index in [1.54, 1.807) is 0 Å². The van der Waals surface area contributed by atoms with Gasteiger partial charge in [-0.3, -0.25) is 0 Å². The van der Waals surface area contributed by atoms with Gasteiger partial charge in [0.25, 0.3) is 0 Å². The summed E-state index contributed by atoms with van der Waals surface area (Å²) >= 11 is 0. The van der Waals surface area contributed by atoms with Gasteiger partial charge in [0.2, 0.25) is 0 Å². The van der Waals surface area contributed by atoms with Crippen LogP contribution in [0.3, 0.4) is 0 Å². The molecule has 1 atom stereocenters. The van der Waals surface area contributed by atoms with Crippen LogP contribution in [0, 0.1) is 5.92 Å². The first-order valence-corrected chi connectivity index (χ1v) is 8.29. The fourth-order valence-electron chi connectivity index (χ4n) is 3.20. The minimum Gasteiger partial charge on any atom is -0.346 e. The Morgan fingerprint density at radius 1 is 1.17 bits per heavy atom. The molecule has 4 rings (SSSR count). The maximum Gasteiger partial charge on any atom is 0.137 e. The van der Waals surface area contributed by atoms with Crippen molar-refractivity contribution in [3.05, 3.63) is 48.5 Å². The van der Waals surface area contributed by atoms with Gasteiger partial charge in [-0.25, -0.2) is 9.97 Å². The van der Waals surface area contributed by atoms with Crippen LogP contribution in [-0.4, -0.2) is 19.9 Å². The predicted octanol–water partition coefficient (Wildman–Crippen LogP) is 4.15. The van der Waals surface area contributed by atoms with Gasteiger partial charge < -0.3 is 15.7 Å². The molecule has 3 aromatic heterocycles. The van der Waals surface area contributed by atoms with Crippen LogP contribution in [0.15, 0.2) is 42.7 Å². The van der Waals surface area contributed by atoms with E-state index >= 15 is 0 Å². The third kappa shape index (κ3) is 2.57. The molecular weight excluding hydrogens is 298 g/mol. The number of hydrogen-bond acceptors (Lipinski definition) is 3. The van der Waals surface area contributed by atoms with Gasteiger partial charge >= 0.3 is 0 Å². The molecule has 0 bridgehead atoms. The predicted molar refractivity (Wildman–Crippen MR) is 97.6 cm³/mol. The molecular formula is C19H21N5. The number of nitrogens with zero attached hydrogens (tertiary/aromatic N) is 2. The van der Waals surface area contributed by atoms with Crippen molar-refractivity contribution in [3.8, 4) is 11.1 Å². The summed E-state index contributed by atoms with van der Waals surface area (Å²) in [6, 6.07) is 10.3. The Morgan fingerprint density at radius 3 is 2.88 bits per heavy atom. The van der Waals surface area contributed by atoms with Gasteiger partial charge in [0.15, 0.2) is 0 Å². The van der Waals surface area contributed by atoms with Crippen molar-refractivity contribution in [2.75, 3.05) is 0 Å². The van der Waals surface area contributed by atoms with E-state index in [1.807, 2.05) is 24.5 Å². The van der Waals surface area contributed by atoms with Crippen molar-refractivity contribution in [2.45, 2.75) is 26.3 Å². The number of hydrogen-bond donors (Lipinski definition) is 3. The number of nitrogens with two attached hydrogens (primary N) is 1. The average molecular weight is 319 g/mol. The van der Waals surface area contributed by atoms with Gasteiger partial charge in [-0.2, -0.15) is 0 Å². The normalized spacial score (nSPS) is 13.2. The Kier molecular flexibility index (Phi) is 3.58. The average Bonchev–Trinajstić information content (AvgIpc) is 3.19. The summed E-state index contributed by atoms with van der Waals surface area (Å²) in [5.74, 6) is 1.40. The van der Waals surface area contributed by atoms with Crippen LogP contribution in [0.25, 0.3) is 33.2 Å². The maximum absolute atomic E-state index is 6.26. The molecule has 0 radical (unpaired) electrons. The van der Waals surface area contributed by atoms with E-state index in [0.717, 1.165) is 45.4 Å². The number of rotatable bonds is 4. The summed E-state index contributed by atoms with van der Waals surface area (Å²) in [4.78, 5) is 15.6. The van der Waals surface area contributed by atoms with E-state index in [-0.39, 0.29) is 6.04 Å². The van der Waals surface area contributed by atoms with Crippen molar-refractivity contribution < 1.29 is 0 Å². The summed E-state index contributed by atoms with van der Waals surface area (Å²) in [6.45, 7) is 4.35. The number of H-pyrrole nitrogens is 2. The molecule has 0 amide bonds. The highest BCUT2D eigenvalue weighted by atomic mass is 15.0. The molecule has 122 valence electrons. The molecule has 24 heavy (non-hydrogen) atoms. The Labute approximate surface area is 140 Å². The lowest BCUT2D eigenvalue weighted by atomic mass is 10.0. The topological polar surface area (TPSA) is 83.4 Å². The molecule has 0 saturated carbocycles. The first kappa shape index (κ1) is 14.9. The Balaban J connectivity index is 1.77. The van der Waals surface area contributed by atoms with E-state index < -0.39 is 0 Å². The van der Waals surface area contributed by atoms with Gasteiger partial charge in [-0.1, -0.05) is 19.9 Å². The molecule has 4 aromatic rings. The summed E-state index contributed by atoms with van der Waals surface area (Å²) in [6.07, 6.45) is 4.66. The van der Waals surface area contributed by atoms with E-state index in [4.69, 9.17) is 5.73 Å². The number of fused-ring (bicyclic) bond motifs is 2. The highest BCUT2D eigenvalue weighted by Crippen LogP contribution is 2.29. The van der Waals surface area contributed by atoms with Crippen LogP contribution in [0.2, 0.25) is 0 Å². The summed E-state index contributed by atoms with van der Waals surface area (Å²) < 4.78 is 0. The highest BCUT2D eigenvalue weighted by molar-refractivity contribution is 5.95. The molecule has 0 aliphatic rings. The summed E-state index contributed by atoms with van der Waals surface area (Å²) in [5, 5.41) is 1.12. The molecule has 0 aliphatic carbocycles. The Bertz CT molecular complexity index is 995. The van der Waals surface area contributed by atoms with Crippen molar-refractivity contribution in [1.82, 2.24) is 19.9 Å². The first-order valence-electron chi connectivity index (χ1n) is 8.29. The van der Waals surface area contributed by atoms with Crippen LogP contribution in [0.1, 0.15) is 32.1 Å². The monoisotopic (exact) mass is 319 g/mol. The second-order valence-electron chi connectivity index (χ2n) is 6.69. The minimum atomic E-state index is -0.0573. The zero-order valence-electron chi connectivity index (χ0n) is 13.9. The largest absolute Gasteiger partial charge is 0.346 e. The van der Waals surface area contributed by atoms with Gasteiger partial charge in [0, 0.05) is 17.8 Å². The third-order valence-electron chi connectivity index (χ3n) is 4.35. The zero-order valence-corrected chi connectivity index (χ0v) is 13.9. The second kappa shape index (κ2) is 5.76. The van der Waals surface area contributed by atoms with Crippen LogP contribution in [0.4, 0.5) is 0 Å². The fourth-order valence-corrected chi connectivity index (χ4v) is 3.20. The smallest absolute Gasteiger partial charge is 0.137 e. The first-order chi connectivity index (χ1) is 11.6. The van der Waals surface area contributed by atoms with Gasteiger partial charge in [-0.05, 0) is 47.7 Å². The molecule has 0 fully saturated rings. The van der Waals surface area contributed by atoms with Gasteiger partial charge in [-0.15, -0.1) is 0 Å². The number of pyridine rings is 1. The number of imidazole rings is 1. The fraction of sp³-hybridized carbons (Fsp3) is 0.263. The maximum atomic E-state index is 6.26. The number of nitrogens with one attached hydrogen (secondary N) is 2. The zero-order chi connectivity index (χ0) is 16.7. The van der Waals surface area contributed by atoms with Gasteiger partial charge in [0.05, 0.1) is 17.1 Å². The van der Waals surface area contributed by atoms with Crippen LogP contribution in [0.5, 0.6) is 0 Å². The lowest BCUT2D eigenvalue weighted by Gasteiger charge is -2.10. The third-order valence-corrected chi connectivity index (χ3v) is 4.35. The lowest BCUT2D eigenvalue weighted by molar-refractivity contribution is 0.496. The van der Waals surface area contributed by atoms with E-state index in [9.17, 15) is 0 Å². The van der Waals surface area contributed by atoms with Crippen molar-refractivity contribution in [2.24, 2.45) is 11.7 Å². The second-order valence-corrected chi connectivity index (χ2v) is 6.69. The molecule has 3 heterocycles. The molecule has 0 saturated heterocycles. The summed E-state index contributed by atoms with van der Waals surface area (Å²) in [7, 11) is 0. The van der Waals surface area contributed by atoms with Gasteiger partial charge in [0.1, 0.15) is 11.5 Å². The Hall–Kier alpha value is -2.66. The summed E-state index contributed by atoms with van der Waals surface area (Å²) in [5.41, 5.74) is 11.4. The molecule has 0 aliphatic heterocycles. The number of aromatic amines is 2. The quantitative estimate of drug-likeness (QED) is 0.528. The Morgan fingerprint density at radius 2 is 2.04 bits per heavy atom. The SMILES string of the molecule is CC(C)C[C@@H](N)c1nc2ccc(-c3ccnc4[nH]ccc34)cc2[nH]1. The van der Waals surface area contributed by atoms with E-state index in [2.05, 4.69) is 52.0 Å². The molecule has 0 spiro atoms. The molecule has 4 N–H and O–H groups in total. The van der Waals surface area contributed by atoms with Crippen LogP contribution < -0.4 is 5.73 Å². The van der Waals surface area contributed by atoms with E-state index in [1.165, 1.54) is 0 Å². The van der Waals surface area contributed by atoms with Crippen molar-refractivity contribution >= 4 is 22.1 Å². The molecule has 5 nitrogen and oxygen atoms in total. The standard InChI is InChI=1S/C19H21N5/c1-11(2)9-15(20)19-23-16-4-3-12(10-17(16)24-19)13-5-7-21-18-14(13)6-8-22-18/h3-8,10-11,15H,9,20H2,1-2H3,(H,21,22)(H,23,24)/t15-/m1/s1. The number of benzene rings is 1. The van der Waals surface area contributed by atoms with Crippen LogP contribution in [-0.2, 0) is 0 Å². The van der Waals surface area contributed by atoms with Crippen molar-refractivity contribution in [3.63, 3.8) is 0 Å². The highest BCUT2D eigenvalue weighted by Gasteiger charge is 2.14. The lowest BCUT2D eigenvalue weighted by Crippen LogP contribution is -2.14. The van der Waals surface area contributed by atoms with Crippen molar-refractivity contribution in [1.29, 1.82) is 0 Å². The molecule has 5 heteroatoms. The molecule has 0 unspecified atom stereocenters. The molecule has 1 aromatic carbocycles. The van der Waals surface area contributed by atoms with Crippen LogP contribution >= 0.6 is 0 Å². The van der Waals surface area contributed by atoms with E-state index in [0.29, 0.717) is 5.92 Å². The number of aromatic nitrogens is 4. The minimum absolute atomic E-state index is 0.0573.